The lowest BCUT2D eigenvalue weighted by atomic mass is 9.84. The Bertz CT molecular complexity index is 1370. The summed E-state index contributed by atoms with van der Waals surface area (Å²) in [7, 11) is 0. The highest BCUT2D eigenvalue weighted by atomic mass is 19.3. The van der Waals surface area contributed by atoms with Crippen molar-refractivity contribution in [1.82, 2.24) is 29.6 Å². The molecular weight excluding hydrogens is 472 g/mol. The average molecular weight is 492 g/mol. The molecule has 1 N–H and O–H groups in total. The average Bonchev–Trinajstić information content (AvgIpc) is 3.44. The summed E-state index contributed by atoms with van der Waals surface area (Å²) in [5.41, 5.74) is -0.928. The predicted molar refractivity (Wildman–Crippen MR) is 113 cm³/mol. The maximum absolute atomic E-state index is 14.0. The minimum atomic E-state index is -3.02. The number of aromatic nitrogens is 6. The molecule has 0 radical (unpaired) electrons. The van der Waals surface area contributed by atoms with Gasteiger partial charge in [0.1, 0.15) is 23.9 Å². The van der Waals surface area contributed by atoms with E-state index >= 15 is 0 Å². The summed E-state index contributed by atoms with van der Waals surface area (Å²) in [5, 5.41) is 20.3. The minimum absolute atomic E-state index is 0.0925. The van der Waals surface area contributed by atoms with E-state index in [-0.39, 0.29) is 39.7 Å². The number of benzene rings is 1. The molecule has 3 heterocycles. The molecule has 0 spiro atoms. The van der Waals surface area contributed by atoms with Crippen molar-refractivity contribution in [2.75, 3.05) is 6.61 Å². The zero-order valence-electron chi connectivity index (χ0n) is 18.6. The van der Waals surface area contributed by atoms with E-state index in [0.717, 1.165) is 12.1 Å². The van der Waals surface area contributed by atoms with E-state index < -0.39 is 42.6 Å². The molecule has 4 aromatic rings. The lowest BCUT2D eigenvalue weighted by Gasteiger charge is -2.22. The standard InChI is InChI=1S/C22H20F4N6O3/c1-12-18(16(34)9-22(2,11-33)20-28-30-32(29-20)21(25)26)31-8-4-7-17(19(31)27-12)35-10-13-14(23)5-3-6-15(13)24/h3-8,21,33H,9-11H2,1-2H3. The fourth-order valence-electron chi connectivity index (χ4n) is 3.62. The molecule has 35 heavy (non-hydrogen) atoms. The molecule has 9 nitrogen and oxygen atoms in total. The number of alkyl halides is 2. The molecular formula is C22H20F4N6O3. The minimum Gasteiger partial charge on any atom is -0.485 e. The molecule has 0 bridgehead atoms. The lowest BCUT2D eigenvalue weighted by molar-refractivity contribution is 0.0388. The van der Waals surface area contributed by atoms with Crippen molar-refractivity contribution < 1.29 is 32.2 Å². The lowest BCUT2D eigenvalue weighted by Crippen LogP contribution is -2.32. The van der Waals surface area contributed by atoms with Gasteiger partial charge in [-0.1, -0.05) is 10.9 Å². The number of hydrogen-bond acceptors (Lipinski definition) is 7. The van der Waals surface area contributed by atoms with Gasteiger partial charge in [-0.2, -0.15) is 8.78 Å². The summed E-state index contributed by atoms with van der Waals surface area (Å²) in [5.74, 6) is -2.02. The fraction of sp³-hybridized carbons (Fsp3) is 0.318. The van der Waals surface area contributed by atoms with Crippen molar-refractivity contribution in [2.24, 2.45) is 0 Å². The summed E-state index contributed by atoms with van der Waals surface area (Å²) >= 11 is 0. The monoisotopic (exact) mass is 492 g/mol. The second-order valence-corrected chi connectivity index (χ2v) is 8.13. The zero-order valence-corrected chi connectivity index (χ0v) is 18.6. The van der Waals surface area contributed by atoms with Gasteiger partial charge in [0.2, 0.25) is 0 Å². The number of nitrogens with zero attached hydrogens (tertiary/aromatic N) is 6. The third-order valence-corrected chi connectivity index (χ3v) is 5.53. The van der Waals surface area contributed by atoms with Gasteiger partial charge < -0.3 is 9.84 Å². The largest absolute Gasteiger partial charge is 0.485 e. The van der Waals surface area contributed by atoms with Gasteiger partial charge >= 0.3 is 6.55 Å². The normalized spacial score (nSPS) is 13.4. The van der Waals surface area contributed by atoms with E-state index in [1.54, 1.807) is 25.3 Å². The van der Waals surface area contributed by atoms with Gasteiger partial charge in [0.05, 0.1) is 23.3 Å². The van der Waals surface area contributed by atoms with Crippen LogP contribution in [0.1, 0.15) is 47.5 Å². The van der Waals surface area contributed by atoms with Crippen molar-refractivity contribution in [3.63, 3.8) is 0 Å². The Morgan fingerprint density at radius 2 is 1.91 bits per heavy atom. The number of hydrogen-bond donors (Lipinski definition) is 1. The van der Waals surface area contributed by atoms with E-state index in [9.17, 15) is 27.5 Å². The molecule has 1 atom stereocenters. The van der Waals surface area contributed by atoms with Crippen LogP contribution >= 0.6 is 0 Å². The molecule has 0 saturated carbocycles. The van der Waals surface area contributed by atoms with Crippen LogP contribution in [0, 0.1) is 18.6 Å². The number of fused-ring (bicyclic) bond motifs is 1. The van der Waals surface area contributed by atoms with Crippen LogP contribution in [-0.2, 0) is 12.0 Å². The second kappa shape index (κ2) is 9.41. The maximum atomic E-state index is 14.0. The van der Waals surface area contributed by atoms with Gasteiger partial charge in [-0.05, 0) is 43.3 Å². The van der Waals surface area contributed by atoms with E-state index in [1.165, 1.54) is 17.4 Å². The van der Waals surface area contributed by atoms with Crippen molar-refractivity contribution >= 4 is 11.4 Å². The molecule has 1 unspecified atom stereocenters. The first-order valence-electron chi connectivity index (χ1n) is 10.4. The van der Waals surface area contributed by atoms with Gasteiger partial charge in [0.15, 0.2) is 23.0 Å². The molecule has 0 saturated heterocycles. The Hall–Kier alpha value is -3.87. The highest BCUT2D eigenvalue weighted by molar-refractivity contribution is 5.97. The van der Waals surface area contributed by atoms with E-state index in [4.69, 9.17) is 4.74 Å². The molecule has 0 aliphatic heterocycles. The highest BCUT2D eigenvalue weighted by Gasteiger charge is 2.36. The first kappa shape index (κ1) is 24.3. The van der Waals surface area contributed by atoms with Gasteiger partial charge in [0, 0.05) is 12.6 Å². The van der Waals surface area contributed by atoms with Crippen LogP contribution in [0.15, 0.2) is 36.5 Å². The third kappa shape index (κ3) is 4.58. The summed E-state index contributed by atoms with van der Waals surface area (Å²) in [6.45, 7) is -0.990. The number of carbonyl (C=O) groups is 1. The van der Waals surface area contributed by atoms with Crippen LogP contribution < -0.4 is 4.74 Å². The Morgan fingerprint density at radius 3 is 2.54 bits per heavy atom. The Labute approximate surface area is 196 Å². The van der Waals surface area contributed by atoms with Crippen molar-refractivity contribution in [1.29, 1.82) is 0 Å². The predicted octanol–water partition coefficient (Wildman–Crippen LogP) is 3.40. The SMILES string of the molecule is Cc1nc2c(OCc3c(F)cccc3F)cccn2c1C(=O)CC(C)(CO)c1nnn(C(F)F)n1. The molecule has 13 heteroatoms. The Morgan fingerprint density at radius 1 is 1.20 bits per heavy atom. The van der Waals surface area contributed by atoms with E-state index in [1.807, 2.05) is 0 Å². The van der Waals surface area contributed by atoms with Crippen LogP contribution in [0.3, 0.4) is 0 Å². The van der Waals surface area contributed by atoms with Crippen LogP contribution in [-0.4, -0.2) is 47.1 Å². The molecule has 3 aromatic heterocycles. The van der Waals surface area contributed by atoms with Crippen molar-refractivity contribution in [2.45, 2.75) is 38.8 Å². The fourth-order valence-corrected chi connectivity index (χ4v) is 3.62. The number of imidazole rings is 1. The Kier molecular flexibility index (Phi) is 6.52. The van der Waals surface area contributed by atoms with E-state index in [0.29, 0.717) is 5.69 Å². The van der Waals surface area contributed by atoms with Crippen LogP contribution in [0.5, 0.6) is 5.75 Å². The molecule has 4 rings (SSSR count). The number of carbonyl (C=O) groups excluding carboxylic acids is 1. The summed E-state index contributed by atoms with van der Waals surface area (Å²) in [6, 6.07) is 6.59. The number of aliphatic hydroxyl groups excluding tert-OH is 1. The summed E-state index contributed by atoms with van der Waals surface area (Å²) in [4.78, 5) is 17.7. The van der Waals surface area contributed by atoms with Gasteiger partial charge in [-0.3, -0.25) is 9.20 Å². The first-order chi connectivity index (χ1) is 16.6. The smallest absolute Gasteiger partial charge is 0.350 e. The first-order valence-corrected chi connectivity index (χ1v) is 10.4. The molecule has 184 valence electrons. The number of Topliss-reactive ketones (excluding diaryl/α,β-unsaturated/α-hetero) is 1. The summed E-state index contributed by atoms with van der Waals surface area (Å²) in [6.07, 6.45) is 1.22. The Balaban J connectivity index is 1.63. The molecule has 0 amide bonds. The van der Waals surface area contributed by atoms with Crippen LogP contribution in [0.25, 0.3) is 5.65 Å². The number of rotatable bonds is 9. The van der Waals surface area contributed by atoms with Gasteiger partial charge in [-0.25, -0.2) is 13.8 Å². The molecule has 0 aliphatic carbocycles. The van der Waals surface area contributed by atoms with Gasteiger partial charge in [0.25, 0.3) is 0 Å². The number of tetrazole rings is 1. The quantitative estimate of drug-likeness (QED) is 0.282. The number of aliphatic hydroxyl groups is 1. The van der Waals surface area contributed by atoms with Crippen molar-refractivity contribution in [3.8, 4) is 5.75 Å². The van der Waals surface area contributed by atoms with Gasteiger partial charge in [-0.15, -0.1) is 10.2 Å². The van der Waals surface area contributed by atoms with E-state index in [2.05, 4.69) is 20.4 Å². The zero-order chi connectivity index (χ0) is 25.3. The number of ether oxygens (including phenoxy) is 1. The number of pyridine rings is 1. The topological polar surface area (TPSA) is 107 Å². The van der Waals surface area contributed by atoms with Crippen LogP contribution in [0.2, 0.25) is 0 Å². The summed E-state index contributed by atoms with van der Waals surface area (Å²) < 4.78 is 60.7. The van der Waals surface area contributed by atoms with Crippen LogP contribution in [0.4, 0.5) is 17.6 Å². The third-order valence-electron chi connectivity index (χ3n) is 5.53. The highest BCUT2D eigenvalue weighted by Crippen LogP contribution is 2.29. The number of halogens is 4. The maximum Gasteiger partial charge on any atom is 0.350 e. The number of aryl methyl sites for hydroxylation is 1. The van der Waals surface area contributed by atoms with Crippen molar-refractivity contribution in [3.05, 3.63) is 70.9 Å². The second-order valence-electron chi connectivity index (χ2n) is 8.13. The molecule has 1 aromatic carbocycles. The molecule has 0 fully saturated rings. The number of ketones is 1. The molecule has 0 aliphatic rings.